The number of carbonyl (C=O) groups excluding carboxylic acids is 1. The molecule has 0 radical (unpaired) electrons. The summed E-state index contributed by atoms with van der Waals surface area (Å²) in [6, 6.07) is -0.642. The smallest absolute Gasteiger partial charge is 0.315 e. The van der Waals surface area contributed by atoms with Gasteiger partial charge in [-0.2, -0.15) is 0 Å². The van der Waals surface area contributed by atoms with Gasteiger partial charge in [-0.3, -0.25) is 4.79 Å². The molecule has 1 rings (SSSR count). The normalized spacial score (nSPS) is 20.6. The van der Waals surface area contributed by atoms with Gasteiger partial charge < -0.3 is 20.6 Å². The minimum absolute atomic E-state index is 0.0600. The first kappa shape index (κ1) is 15.8. The average molecular weight is 271 g/mol. The maximum Gasteiger partial charge on any atom is 0.315 e. The molecule has 1 fully saturated rings. The summed E-state index contributed by atoms with van der Waals surface area (Å²) in [5.41, 5.74) is 0.139. The van der Waals surface area contributed by atoms with E-state index in [0.29, 0.717) is 6.54 Å². The van der Waals surface area contributed by atoms with Gasteiger partial charge in [0.15, 0.2) is 0 Å². The number of urea groups is 1. The Morgan fingerprint density at radius 1 is 1.37 bits per heavy atom. The molecule has 3 N–H and O–H groups in total. The summed E-state index contributed by atoms with van der Waals surface area (Å²) in [6.07, 6.45) is 2.07. The van der Waals surface area contributed by atoms with E-state index >= 15 is 0 Å². The van der Waals surface area contributed by atoms with Crippen molar-refractivity contribution in [3.8, 4) is 0 Å². The van der Waals surface area contributed by atoms with Crippen molar-refractivity contribution in [2.24, 2.45) is 5.41 Å². The standard InChI is InChI=1S/C13H25N3O3/c1-10(8-11(17)18)15-12(19)14-9-13(2)4-6-16(3)7-5-13/h10H,4-9H2,1-3H3,(H,17,18)(H2,14,15,19). The van der Waals surface area contributed by atoms with E-state index in [2.05, 4.69) is 29.5 Å². The number of hydrogen-bond acceptors (Lipinski definition) is 3. The van der Waals surface area contributed by atoms with Gasteiger partial charge in [-0.05, 0) is 45.3 Å². The molecule has 0 saturated carbocycles. The van der Waals surface area contributed by atoms with Gasteiger partial charge in [0.25, 0.3) is 0 Å². The lowest BCUT2D eigenvalue weighted by molar-refractivity contribution is -0.137. The minimum Gasteiger partial charge on any atom is -0.481 e. The number of likely N-dealkylation sites (tertiary alicyclic amines) is 1. The van der Waals surface area contributed by atoms with E-state index in [1.807, 2.05) is 0 Å². The van der Waals surface area contributed by atoms with Crippen LogP contribution in [0.2, 0.25) is 0 Å². The van der Waals surface area contributed by atoms with Crippen LogP contribution in [0.15, 0.2) is 0 Å². The van der Waals surface area contributed by atoms with E-state index in [0.717, 1.165) is 25.9 Å². The third-order valence-corrected chi connectivity index (χ3v) is 3.73. The van der Waals surface area contributed by atoms with Crippen LogP contribution in [-0.4, -0.2) is 54.7 Å². The van der Waals surface area contributed by atoms with Crippen molar-refractivity contribution in [2.45, 2.75) is 39.2 Å². The number of nitrogens with one attached hydrogen (secondary N) is 2. The van der Waals surface area contributed by atoms with Crippen molar-refractivity contribution in [2.75, 3.05) is 26.7 Å². The van der Waals surface area contributed by atoms with Crippen molar-refractivity contribution in [1.82, 2.24) is 15.5 Å². The molecular formula is C13H25N3O3. The Hall–Kier alpha value is -1.30. The molecule has 0 aromatic heterocycles. The molecule has 6 nitrogen and oxygen atoms in total. The Kier molecular flexibility index (Phi) is 5.60. The minimum atomic E-state index is -0.907. The Balaban J connectivity index is 2.28. The predicted molar refractivity (Wildman–Crippen MR) is 73.1 cm³/mol. The largest absolute Gasteiger partial charge is 0.481 e. The van der Waals surface area contributed by atoms with Gasteiger partial charge >= 0.3 is 12.0 Å². The SMILES string of the molecule is CC(CC(=O)O)NC(=O)NCC1(C)CCN(C)CC1. The molecular weight excluding hydrogens is 246 g/mol. The summed E-state index contributed by atoms with van der Waals surface area (Å²) in [7, 11) is 2.10. The quantitative estimate of drug-likeness (QED) is 0.693. The van der Waals surface area contributed by atoms with Crippen molar-refractivity contribution in [3.05, 3.63) is 0 Å². The topological polar surface area (TPSA) is 81.7 Å². The van der Waals surface area contributed by atoms with E-state index in [9.17, 15) is 9.59 Å². The third kappa shape index (κ3) is 5.92. The molecule has 1 unspecified atom stereocenters. The molecule has 1 saturated heterocycles. The lowest BCUT2D eigenvalue weighted by atomic mass is 9.80. The number of hydrogen-bond donors (Lipinski definition) is 3. The molecule has 2 amide bonds. The van der Waals surface area contributed by atoms with Gasteiger partial charge in [-0.15, -0.1) is 0 Å². The van der Waals surface area contributed by atoms with Crippen LogP contribution in [0.1, 0.15) is 33.1 Å². The second kappa shape index (κ2) is 6.75. The first-order valence-electron chi connectivity index (χ1n) is 6.75. The first-order chi connectivity index (χ1) is 8.81. The van der Waals surface area contributed by atoms with E-state index < -0.39 is 5.97 Å². The fourth-order valence-corrected chi connectivity index (χ4v) is 2.22. The van der Waals surface area contributed by atoms with E-state index in [1.165, 1.54) is 0 Å². The summed E-state index contributed by atoms with van der Waals surface area (Å²) in [6.45, 7) is 6.60. The Bertz CT molecular complexity index is 325. The van der Waals surface area contributed by atoms with Crippen LogP contribution in [0.3, 0.4) is 0 Å². The lowest BCUT2D eigenvalue weighted by Crippen LogP contribution is -2.48. The van der Waals surface area contributed by atoms with Crippen molar-refractivity contribution < 1.29 is 14.7 Å². The maximum absolute atomic E-state index is 11.7. The molecule has 1 heterocycles. The zero-order chi connectivity index (χ0) is 14.5. The number of rotatable bonds is 5. The molecule has 1 atom stereocenters. The molecule has 0 aromatic carbocycles. The van der Waals surface area contributed by atoms with Gasteiger partial charge in [-0.1, -0.05) is 6.92 Å². The number of aliphatic carboxylic acids is 1. The van der Waals surface area contributed by atoms with E-state index in [4.69, 9.17) is 5.11 Å². The molecule has 0 aliphatic carbocycles. The van der Waals surface area contributed by atoms with Crippen LogP contribution in [0.5, 0.6) is 0 Å². The van der Waals surface area contributed by atoms with Crippen molar-refractivity contribution >= 4 is 12.0 Å². The lowest BCUT2D eigenvalue weighted by Gasteiger charge is -2.38. The summed E-state index contributed by atoms with van der Waals surface area (Å²) >= 11 is 0. The highest BCUT2D eigenvalue weighted by Gasteiger charge is 2.29. The molecule has 1 aliphatic rings. The van der Waals surface area contributed by atoms with Gasteiger partial charge in [0.05, 0.1) is 6.42 Å². The number of nitrogens with zero attached hydrogens (tertiary/aromatic N) is 1. The van der Waals surface area contributed by atoms with E-state index in [-0.39, 0.29) is 23.9 Å². The van der Waals surface area contributed by atoms with Gasteiger partial charge in [0.2, 0.25) is 0 Å². The maximum atomic E-state index is 11.7. The number of carboxylic acids is 1. The summed E-state index contributed by atoms with van der Waals surface area (Å²) in [5.74, 6) is -0.907. The van der Waals surface area contributed by atoms with Crippen LogP contribution in [0.4, 0.5) is 4.79 Å². The van der Waals surface area contributed by atoms with Crippen molar-refractivity contribution in [3.63, 3.8) is 0 Å². The summed E-state index contributed by atoms with van der Waals surface area (Å²) < 4.78 is 0. The first-order valence-corrected chi connectivity index (χ1v) is 6.75. The van der Waals surface area contributed by atoms with Gasteiger partial charge in [0.1, 0.15) is 0 Å². The third-order valence-electron chi connectivity index (χ3n) is 3.73. The molecule has 0 spiro atoms. The highest BCUT2D eigenvalue weighted by Crippen LogP contribution is 2.29. The molecule has 0 bridgehead atoms. The molecule has 19 heavy (non-hydrogen) atoms. The highest BCUT2D eigenvalue weighted by molar-refractivity contribution is 5.75. The van der Waals surface area contributed by atoms with Crippen LogP contribution in [0.25, 0.3) is 0 Å². The van der Waals surface area contributed by atoms with Crippen LogP contribution >= 0.6 is 0 Å². The van der Waals surface area contributed by atoms with Crippen molar-refractivity contribution in [1.29, 1.82) is 0 Å². The number of carboxylic acid groups (broad SMARTS) is 1. The number of amides is 2. The highest BCUT2D eigenvalue weighted by atomic mass is 16.4. The predicted octanol–water partition coefficient (Wildman–Crippen LogP) is 0.881. The zero-order valence-electron chi connectivity index (χ0n) is 12.0. The zero-order valence-corrected chi connectivity index (χ0v) is 12.0. The Labute approximate surface area is 114 Å². The van der Waals surface area contributed by atoms with Gasteiger partial charge in [-0.25, -0.2) is 4.79 Å². The summed E-state index contributed by atoms with van der Waals surface area (Å²) in [4.78, 5) is 24.4. The second-order valence-electron chi connectivity index (χ2n) is 5.94. The molecule has 1 aliphatic heterocycles. The van der Waals surface area contributed by atoms with Crippen LogP contribution in [0, 0.1) is 5.41 Å². The van der Waals surface area contributed by atoms with Crippen LogP contribution in [-0.2, 0) is 4.79 Å². The number of carbonyl (C=O) groups is 2. The fourth-order valence-electron chi connectivity index (χ4n) is 2.22. The average Bonchev–Trinajstić information content (AvgIpc) is 2.30. The van der Waals surface area contributed by atoms with Crippen LogP contribution < -0.4 is 10.6 Å². The Morgan fingerprint density at radius 2 is 1.95 bits per heavy atom. The number of piperidine rings is 1. The molecule has 6 heteroatoms. The second-order valence-corrected chi connectivity index (χ2v) is 5.94. The fraction of sp³-hybridized carbons (Fsp3) is 0.846. The molecule has 110 valence electrons. The summed E-state index contributed by atoms with van der Waals surface area (Å²) in [5, 5.41) is 14.1. The van der Waals surface area contributed by atoms with Gasteiger partial charge in [0, 0.05) is 12.6 Å². The Morgan fingerprint density at radius 3 is 2.47 bits per heavy atom. The monoisotopic (exact) mass is 271 g/mol. The molecule has 0 aromatic rings. The van der Waals surface area contributed by atoms with E-state index in [1.54, 1.807) is 6.92 Å².